The van der Waals surface area contributed by atoms with Crippen LogP contribution in [0.5, 0.6) is 0 Å². The first-order valence-electron chi connectivity index (χ1n) is 17.2. The molecule has 1 saturated heterocycles. The molecule has 0 unspecified atom stereocenters. The van der Waals surface area contributed by atoms with Crippen LogP contribution in [-0.4, -0.2) is 39.1 Å². The molecular formula is C37H56Cl3N2PRu. The number of halogens is 3. The van der Waals surface area contributed by atoms with E-state index in [1.165, 1.54) is 39.4 Å². The summed E-state index contributed by atoms with van der Waals surface area (Å²) in [5, 5.41) is 0. The van der Waals surface area contributed by atoms with Gasteiger partial charge in [0.25, 0.3) is 0 Å². The molecule has 4 aliphatic rings. The zero-order chi connectivity index (χ0) is 31.3. The molecule has 6 rings (SSSR count). The second kappa shape index (κ2) is 19.7. The van der Waals surface area contributed by atoms with Crippen molar-refractivity contribution in [2.45, 2.75) is 134 Å². The quantitative estimate of drug-likeness (QED) is 0.129. The normalized spacial score (nSPS) is 20.9. The molecule has 3 aliphatic carbocycles. The van der Waals surface area contributed by atoms with E-state index in [9.17, 15) is 0 Å². The van der Waals surface area contributed by atoms with Crippen LogP contribution in [0.25, 0.3) is 0 Å². The fourth-order valence-corrected chi connectivity index (χ4v) is 15.4. The first-order valence-corrected chi connectivity index (χ1v) is 24.7. The number of hydrogen-bond acceptors (Lipinski definition) is 2. The second-order valence-corrected chi connectivity index (χ2v) is 23.0. The van der Waals surface area contributed by atoms with Crippen molar-refractivity contribution in [2.24, 2.45) is 0 Å². The van der Waals surface area contributed by atoms with Crippen LogP contribution in [0.2, 0.25) is 0 Å². The summed E-state index contributed by atoms with van der Waals surface area (Å²) in [4.78, 5) is 2.22. The van der Waals surface area contributed by atoms with Gasteiger partial charge < -0.3 is 9.32 Å². The fraction of sp³-hybridized carbons (Fsp3) is 0.622. The van der Waals surface area contributed by atoms with Gasteiger partial charge in [0.2, 0.25) is 0 Å². The molecule has 0 amide bonds. The third-order valence-corrected chi connectivity index (χ3v) is 16.7. The summed E-state index contributed by atoms with van der Waals surface area (Å²) in [6.07, 6.45) is 23.8. The molecule has 3 saturated carbocycles. The number of nitrogens with zero attached hydrogens (tertiary/aromatic N) is 2. The van der Waals surface area contributed by atoms with E-state index in [1.54, 1.807) is 101 Å². The van der Waals surface area contributed by atoms with Gasteiger partial charge in [0.15, 0.2) is 0 Å². The van der Waals surface area contributed by atoms with Crippen LogP contribution in [0, 0.1) is 27.4 Å². The molecular weight excluding hydrogens is 711 g/mol. The molecule has 0 aromatic heterocycles. The van der Waals surface area contributed by atoms with E-state index in [0.717, 1.165) is 18.7 Å². The van der Waals surface area contributed by atoms with Crippen molar-refractivity contribution in [2.75, 3.05) is 18.0 Å². The van der Waals surface area contributed by atoms with Crippen molar-refractivity contribution in [3.05, 3.63) is 71.4 Å². The third-order valence-electron chi connectivity index (χ3n) is 9.97. The molecule has 4 fully saturated rings. The summed E-state index contributed by atoms with van der Waals surface area (Å²) in [7, 11) is 11.3. The Morgan fingerprint density at radius 3 is 1.55 bits per heavy atom. The van der Waals surface area contributed by atoms with Crippen molar-refractivity contribution >= 4 is 49.4 Å². The van der Waals surface area contributed by atoms with Crippen molar-refractivity contribution in [3.8, 4) is 0 Å². The van der Waals surface area contributed by atoms with Gasteiger partial charge in [-0.05, 0) is 115 Å². The molecule has 2 nitrogen and oxygen atoms in total. The zero-order valence-electron chi connectivity index (χ0n) is 27.3. The van der Waals surface area contributed by atoms with Crippen LogP contribution in [0.1, 0.15) is 119 Å². The van der Waals surface area contributed by atoms with Gasteiger partial charge in [0.05, 0.1) is 17.0 Å². The van der Waals surface area contributed by atoms with Gasteiger partial charge in [-0.2, -0.15) is 6.67 Å². The zero-order valence-corrected chi connectivity index (χ0v) is 32.3. The molecule has 1 aliphatic heterocycles. The summed E-state index contributed by atoms with van der Waals surface area (Å²) in [6.45, 7) is 10.3. The number of rotatable bonds is 5. The molecule has 7 heteroatoms. The molecule has 0 atom stereocenters. The van der Waals surface area contributed by atoms with E-state index in [4.69, 9.17) is 31.2 Å². The Morgan fingerprint density at radius 1 is 0.705 bits per heavy atom. The van der Waals surface area contributed by atoms with Gasteiger partial charge in [0.1, 0.15) is 0 Å². The van der Waals surface area contributed by atoms with Crippen LogP contribution >= 0.6 is 39.1 Å². The average Bonchev–Trinajstić information content (AvgIpc) is 3.45. The van der Waals surface area contributed by atoms with Crippen molar-refractivity contribution in [3.63, 3.8) is 0 Å². The van der Waals surface area contributed by atoms with E-state index < -0.39 is 13.5 Å². The van der Waals surface area contributed by atoms with Crippen molar-refractivity contribution in [1.29, 1.82) is 0 Å². The monoisotopic (exact) mass is 766 g/mol. The minimum absolute atomic E-state index is 0.0465. The Balaban J connectivity index is 0.000000158. The van der Waals surface area contributed by atoms with Crippen molar-refractivity contribution in [1.82, 2.24) is 4.42 Å². The molecule has 248 valence electrons. The van der Waals surface area contributed by atoms with Crippen LogP contribution in [0.4, 0.5) is 5.69 Å². The average molecular weight is 767 g/mol. The molecule has 0 N–H and O–H groups in total. The maximum atomic E-state index is 5.93. The molecule has 0 radical (unpaired) electrons. The number of hydrogen-bond donors (Lipinski definition) is 0. The Labute approximate surface area is 289 Å². The van der Waals surface area contributed by atoms with Crippen LogP contribution in [0.3, 0.4) is 0 Å². The Bertz CT molecular complexity index is 1070. The van der Waals surface area contributed by atoms with Crippen LogP contribution in [-0.2, 0) is 13.5 Å². The van der Waals surface area contributed by atoms with Gasteiger partial charge >= 0.3 is 73.4 Å². The molecule has 2 aromatic carbocycles. The van der Waals surface area contributed by atoms with E-state index in [-0.39, 0.29) is 7.92 Å². The molecule has 0 bridgehead atoms. The standard InChI is InChI=1S/C18H33P.C12H16ClN2.C7H6.2ClH.Ru/c1-4-10-16(11-5-1)19(17-12-6-2-7-13-17)18-14-8-3-9-15-18;1-9-6-10(2)12(11(3)7-9)14-4-5-15(13)8-14;1-7-5-3-2-4-6-7;;;/h16-18H,1-15H2;6-8H,4-5H2,1-3H3;1-6H;2*1H;/q;-1;;;;+2/p-1. The Hall–Kier alpha value is -0.00662. The van der Waals surface area contributed by atoms with Gasteiger partial charge in [-0.15, -0.1) is 0 Å². The van der Waals surface area contributed by atoms with E-state index in [1.807, 2.05) is 41.6 Å². The Morgan fingerprint density at radius 2 is 1.16 bits per heavy atom. The summed E-state index contributed by atoms with van der Waals surface area (Å²) < 4.78 is 3.63. The number of anilines is 1. The van der Waals surface area contributed by atoms with Gasteiger partial charge in [-0.3, -0.25) is 0 Å². The van der Waals surface area contributed by atoms with Crippen LogP contribution < -0.4 is 4.90 Å². The van der Waals surface area contributed by atoms with Gasteiger partial charge in [-0.1, -0.05) is 48.7 Å². The molecule has 1 heterocycles. The first-order chi connectivity index (χ1) is 21.3. The minimum atomic E-state index is -1.61. The topological polar surface area (TPSA) is 6.48 Å². The van der Waals surface area contributed by atoms with E-state index in [0.29, 0.717) is 0 Å². The van der Waals surface area contributed by atoms with E-state index >= 15 is 0 Å². The van der Waals surface area contributed by atoms with E-state index in [2.05, 4.69) is 37.8 Å². The summed E-state index contributed by atoms with van der Waals surface area (Å²) >= 11 is 4.31. The van der Waals surface area contributed by atoms with Gasteiger partial charge in [0, 0.05) is 20.2 Å². The Kier molecular flexibility index (Phi) is 16.5. The maximum absolute atomic E-state index is 5.93. The van der Waals surface area contributed by atoms with Crippen LogP contribution in [0.15, 0.2) is 42.5 Å². The number of aryl methyl sites for hydroxylation is 3. The summed E-state index contributed by atoms with van der Waals surface area (Å²) in [5.74, 6) is 0. The summed E-state index contributed by atoms with van der Waals surface area (Å²) in [6, 6.07) is 14.3. The predicted octanol–water partition coefficient (Wildman–Crippen LogP) is 12.0. The third kappa shape index (κ3) is 11.9. The summed E-state index contributed by atoms with van der Waals surface area (Å²) in [5.41, 5.74) is 10.0. The number of benzene rings is 2. The molecule has 0 spiro atoms. The van der Waals surface area contributed by atoms with Crippen molar-refractivity contribution < 1.29 is 13.5 Å². The van der Waals surface area contributed by atoms with Gasteiger partial charge in [-0.25, -0.2) is 0 Å². The molecule has 44 heavy (non-hydrogen) atoms. The SMILES string of the molecule is C1CCC([PH+](C2CCCCC2)C2CCCCC2)CC1.Cc1cc(C)c(N2[CH-]N(Cl)CC2)c(C)c1.[Cl][Ru]([Cl])=[CH]c1ccccc1. The second-order valence-electron chi connectivity index (χ2n) is 13.4. The predicted molar refractivity (Wildman–Crippen MR) is 197 cm³/mol. The fourth-order valence-electron chi connectivity index (χ4n) is 8.18. The first kappa shape index (κ1) is 36.8. The molecule has 2 aromatic rings.